The van der Waals surface area contributed by atoms with Crippen LogP contribution in [0.1, 0.15) is 13.3 Å². The number of aliphatic hydroxyl groups excluding tert-OH is 1. The van der Waals surface area contributed by atoms with Gasteiger partial charge < -0.3 is 10.4 Å². The van der Waals surface area contributed by atoms with Crippen LogP contribution >= 0.6 is 0 Å². The van der Waals surface area contributed by atoms with E-state index in [1.165, 1.54) is 0 Å². The van der Waals surface area contributed by atoms with Crippen molar-refractivity contribution in [3.05, 3.63) is 18.5 Å². The van der Waals surface area contributed by atoms with Crippen LogP contribution in [0.3, 0.4) is 0 Å². The zero-order valence-corrected chi connectivity index (χ0v) is 7.98. The Morgan fingerprint density at radius 3 is 3.00 bits per heavy atom. The van der Waals surface area contributed by atoms with Crippen LogP contribution < -0.4 is 5.32 Å². The standard InChI is InChI=1S/C9H17N3O/c1-9(13)3-5-10-6-8-12-7-2-4-11-12/h2,4,7,9-10,13H,3,5-6,8H2,1H3. The summed E-state index contributed by atoms with van der Waals surface area (Å²) in [6, 6.07) is 1.91. The fourth-order valence-corrected chi connectivity index (χ4v) is 1.06. The number of hydrogen-bond donors (Lipinski definition) is 2. The van der Waals surface area contributed by atoms with Gasteiger partial charge in [-0.2, -0.15) is 5.10 Å². The predicted octanol–water partition coefficient (Wildman–Crippen LogP) is 0.244. The topological polar surface area (TPSA) is 50.1 Å². The van der Waals surface area contributed by atoms with Crippen molar-refractivity contribution in [3.8, 4) is 0 Å². The SMILES string of the molecule is CC(O)CCNCCn1cccn1. The first-order valence-electron chi connectivity index (χ1n) is 4.65. The molecule has 1 unspecified atom stereocenters. The molecule has 1 rings (SSSR count). The maximum atomic E-state index is 8.98. The first kappa shape index (κ1) is 10.2. The third-order valence-electron chi connectivity index (χ3n) is 1.82. The van der Waals surface area contributed by atoms with Crippen molar-refractivity contribution >= 4 is 0 Å². The van der Waals surface area contributed by atoms with Gasteiger partial charge in [-0.3, -0.25) is 4.68 Å². The summed E-state index contributed by atoms with van der Waals surface area (Å²) in [6.45, 7) is 4.44. The predicted molar refractivity (Wildman–Crippen MR) is 51.4 cm³/mol. The van der Waals surface area contributed by atoms with Crippen molar-refractivity contribution in [2.24, 2.45) is 0 Å². The molecule has 0 saturated carbocycles. The van der Waals surface area contributed by atoms with Crippen LogP contribution in [0, 0.1) is 0 Å². The Bertz CT molecular complexity index is 209. The third-order valence-corrected chi connectivity index (χ3v) is 1.82. The lowest BCUT2D eigenvalue weighted by Crippen LogP contribution is -2.23. The molecule has 0 radical (unpaired) electrons. The maximum Gasteiger partial charge on any atom is 0.0533 e. The quantitative estimate of drug-likeness (QED) is 0.621. The van der Waals surface area contributed by atoms with Gasteiger partial charge in [-0.05, 0) is 26.0 Å². The van der Waals surface area contributed by atoms with Gasteiger partial charge in [0.15, 0.2) is 0 Å². The number of nitrogens with zero attached hydrogens (tertiary/aromatic N) is 2. The molecular weight excluding hydrogens is 166 g/mol. The van der Waals surface area contributed by atoms with Crippen molar-refractivity contribution in [3.63, 3.8) is 0 Å². The Labute approximate surface area is 78.6 Å². The lowest BCUT2D eigenvalue weighted by molar-refractivity contribution is 0.183. The first-order chi connectivity index (χ1) is 6.29. The lowest BCUT2D eigenvalue weighted by atomic mass is 10.3. The van der Waals surface area contributed by atoms with E-state index < -0.39 is 0 Å². The fourth-order valence-electron chi connectivity index (χ4n) is 1.06. The number of nitrogens with one attached hydrogen (secondary N) is 1. The van der Waals surface area contributed by atoms with E-state index in [9.17, 15) is 0 Å². The number of aliphatic hydroxyl groups is 1. The van der Waals surface area contributed by atoms with Gasteiger partial charge in [0.05, 0.1) is 12.6 Å². The van der Waals surface area contributed by atoms with Gasteiger partial charge in [0.2, 0.25) is 0 Å². The van der Waals surface area contributed by atoms with E-state index in [0.717, 1.165) is 26.1 Å². The smallest absolute Gasteiger partial charge is 0.0533 e. The average Bonchev–Trinajstić information content (AvgIpc) is 2.55. The largest absolute Gasteiger partial charge is 0.393 e. The van der Waals surface area contributed by atoms with Crippen molar-refractivity contribution in [2.45, 2.75) is 26.0 Å². The molecule has 1 aromatic heterocycles. The molecule has 74 valence electrons. The summed E-state index contributed by atoms with van der Waals surface area (Å²) in [6.07, 6.45) is 4.31. The Morgan fingerprint density at radius 1 is 1.54 bits per heavy atom. The monoisotopic (exact) mass is 183 g/mol. The molecule has 0 aliphatic rings. The number of hydrogen-bond acceptors (Lipinski definition) is 3. The molecule has 0 saturated heterocycles. The summed E-state index contributed by atoms with van der Waals surface area (Å²) in [7, 11) is 0. The minimum Gasteiger partial charge on any atom is -0.393 e. The molecular formula is C9H17N3O. The molecule has 1 aromatic rings. The summed E-state index contributed by atoms with van der Waals surface area (Å²) >= 11 is 0. The summed E-state index contributed by atoms with van der Waals surface area (Å²) in [5.41, 5.74) is 0. The van der Waals surface area contributed by atoms with Gasteiger partial charge in [0, 0.05) is 18.9 Å². The molecule has 1 heterocycles. The van der Waals surface area contributed by atoms with Gasteiger partial charge in [-0.15, -0.1) is 0 Å². The van der Waals surface area contributed by atoms with E-state index in [1.54, 1.807) is 13.1 Å². The van der Waals surface area contributed by atoms with Crippen molar-refractivity contribution in [2.75, 3.05) is 13.1 Å². The van der Waals surface area contributed by atoms with E-state index >= 15 is 0 Å². The third kappa shape index (κ3) is 4.65. The molecule has 0 bridgehead atoms. The molecule has 1 atom stereocenters. The van der Waals surface area contributed by atoms with Crippen molar-refractivity contribution < 1.29 is 5.11 Å². The molecule has 0 aromatic carbocycles. The Balaban J connectivity index is 1.96. The highest BCUT2D eigenvalue weighted by atomic mass is 16.3. The second-order valence-electron chi connectivity index (χ2n) is 3.16. The van der Waals surface area contributed by atoms with Crippen molar-refractivity contribution in [1.29, 1.82) is 0 Å². The molecule has 0 amide bonds. The van der Waals surface area contributed by atoms with Gasteiger partial charge in [-0.1, -0.05) is 0 Å². The molecule has 0 aliphatic carbocycles. The average molecular weight is 183 g/mol. The van der Waals surface area contributed by atoms with Gasteiger partial charge in [0.1, 0.15) is 0 Å². The van der Waals surface area contributed by atoms with Crippen LogP contribution in [0.5, 0.6) is 0 Å². The molecule has 4 nitrogen and oxygen atoms in total. The second-order valence-corrected chi connectivity index (χ2v) is 3.16. The minimum absolute atomic E-state index is 0.211. The molecule has 4 heteroatoms. The van der Waals surface area contributed by atoms with E-state index in [-0.39, 0.29) is 6.10 Å². The van der Waals surface area contributed by atoms with Crippen LogP contribution in [-0.2, 0) is 6.54 Å². The van der Waals surface area contributed by atoms with Gasteiger partial charge in [0.25, 0.3) is 0 Å². The first-order valence-corrected chi connectivity index (χ1v) is 4.65. The van der Waals surface area contributed by atoms with Gasteiger partial charge in [-0.25, -0.2) is 0 Å². The molecule has 0 spiro atoms. The highest BCUT2D eigenvalue weighted by Gasteiger charge is 1.94. The van der Waals surface area contributed by atoms with Crippen LogP contribution in [0.15, 0.2) is 18.5 Å². The summed E-state index contributed by atoms with van der Waals surface area (Å²) in [5, 5.41) is 16.3. The Kier molecular flexibility index (Phi) is 4.49. The molecule has 0 aliphatic heterocycles. The second kappa shape index (κ2) is 5.72. The zero-order valence-electron chi connectivity index (χ0n) is 7.98. The highest BCUT2D eigenvalue weighted by Crippen LogP contribution is 1.86. The van der Waals surface area contributed by atoms with Gasteiger partial charge >= 0.3 is 0 Å². The molecule has 2 N–H and O–H groups in total. The van der Waals surface area contributed by atoms with E-state index in [1.807, 2.05) is 16.9 Å². The Morgan fingerprint density at radius 2 is 2.38 bits per heavy atom. The fraction of sp³-hybridized carbons (Fsp3) is 0.667. The summed E-state index contributed by atoms with van der Waals surface area (Å²) in [5.74, 6) is 0. The van der Waals surface area contributed by atoms with Crippen LogP contribution in [-0.4, -0.2) is 34.1 Å². The lowest BCUT2D eigenvalue weighted by Gasteiger charge is -2.06. The van der Waals surface area contributed by atoms with Crippen LogP contribution in [0.4, 0.5) is 0 Å². The normalized spacial score (nSPS) is 13.1. The van der Waals surface area contributed by atoms with Crippen molar-refractivity contribution in [1.82, 2.24) is 15.1 Å². The number of rotatable bonds is 6. The van der Waals surface area contributed by atoms with E-state index in [2.05, 4.69) is 10.4 Å². The van der Waals surface area contributed by atoms with E-state index in [0.29, 0.717) is 0 Å². The van der Waals surface area contributed by atoms with E-state index in [4.69, 9.17) is 5.11 Å². The minimum atomic E-state index is -0.211. The summed E-state index contributed by atoms with van der Waals surface area (Å²) < 4.78 is 1.88. The molecule has 13 heavy (non-hydrogen) atoms. The van der Waals surface area contributed by atoms with Crippen LogP contribution in [0.2, 0.25) is 0 Å². The number of aromatic nitrogens is 2. The van der Waals surface area contributed by atoms with Crippen LogP contribution in [0.25, 0.3) is 0 Å². The Hall–Kier alpha value is -0.870. The zero-order chi connectivity index (χ0) is 9.52. The summed E-state index contributed by atoms with van der Waals surface area (Å²) in [4.78, 5) is 0. The molecule has 0 fully saturated rings. The maximum absolute atomic E-state index is 8.98. The highest BCUT2D eigenvalue weighted by molar-refractivity contribution is 4.77.